The molecule has 3 amide bonds. The number of rotatable bonds is 11. The van der Waals surface area contributed by atoms with Crippen molar-refractivity contribution in [1.29, 1.82) is 0 Å². The van der Waals surface area contributed by atoms with Gasteiger partial charge in [0.15, 0.2) is 0 Å². The van der Waals surface area contributed by atoms with Crippen LogP contribution in [0, 0.1) is 5.92 Å². The van der Waals surface area contributed by atoms with Crippen LogP contribution < -0.4 is 19.9 Å². The fourth-order valence-electron chi connectivity index (χ4n) is 9.95. The lowest BCUT2D eigenvalue weighted by Crippen LogP contribution is -2.54. The van der Waals surface area contributed by atoms with Crippen molar-refractivity contribution in [2.75, 3.05) is 88.3 Å². The fraction of sp³-hybridized carbons (Fsp3) is 0.522. The lowest BCUT2D eigenvalue weighted by atomic mass is 9.96. The Morgan fingerprint density at radius 2 is 1.62 bits per heavy atom. The average Bonchev–Trinajstić information content (AvgIpc) is 3.75. The maximum atomic E-state index is 13.4. The maximum Gasteiger partial charge on any atom is 0.262 e. The summed E-state index contributed by atoms with van der Waals surface area (Å²) >= 11 is 0. The molecule has 6 aliphatic rings. The van der Waals surface area contributed by atoms with Gasteiger partial charge in [-0.1, -0.05) is 6.58 Å². The second-order valence-electron chi connectivity index (χ2n) is 18.4. The lowest BCUT2D eigenvalue weighted by Gasteiger charge is -2.42. The van der Waals surface area contributed by atoms with Crippen molar-refractivity contribution in [3.05, 3.63) is 72.2 Å². The summed E-state index contributed by atoms with van der Waals surface area (Å²) in [6, 6.07) is 13.4. The van der Waals surface area contributed by atoms with E-state index in [1.165, 1.54) is 12.8 Å². The van der Waals surface area contributed by atoms with E-state index in [1.807, 2.05) is 24.3 Å². The van der Waals surface area contributed by atoms with Gasteiger partial charge in [0.1, 0.15) is 35.2 Å². The Morgan fingerprint density at radius 3 is 2.39 bits per heavy atom. The second kappa shape index (κ2) is 16.1. The summed E-state index contributed by atoms with van der Waals surface area (Å²) in [4.78, 5) is 62.3. The molecule has 320 valence electrons. The standard InChI is InChI=1S/C46H57N11O4/c1-30-4-9-40(43(58)49-30)57-44(59)35-7-5-33(24-36(35)45(57)60)55-20-17-53(18-21-55)28-32-10-14-52(15-11-32)16-19-54-22-23-56(27-31(54)2)41-26-39(47-29-48-41)42-37-25-34(61-46(3)12-13-46)6-8-38(37)50-51-42/h5-8,24-26,29,31-32,40H,1,4,9-23,27-28H2,2-3H3,(H,49,58)(H,50,51)/t31-,40?/m0/s1. The van der Waals surface area contributed by atoms with Crippen molar-refractivity contribution in [2.24, 2.45) is 5.92 Å². The van der Waals surface area contributed by atoms with Gasteiger partial charge >= 0.3 is 0 Å². The van der Waals surface area contributed by atoms with Crippen molar-refractivity contribution in [2.45, 2.75) is 70.1 Å². The van der Waals surface area contributed by atoms with E-state index in [2.05, 4.69) is 77.6 Å². The first-order valence-corrected chi connectivity index (χ1v) is 22.3. The molecule has 2 aromatic heterocycles. The molecular formula is C46H57N11O4. The third-order valence-electron chi connectivity index (χ3n) is 14.0. The molecule has 1 saturated carbocycles. The number of carbonyl (C=O) groups is 3. The summed E-state index contributed by atoms with van der Waals surface area (Å²) in [7, 11) is 0. The van der Waals surface area contributed by atoms with Crippen LogP contribution in [0.1, 0.15) is 73.1 Å². The van der Waals surface area contributed by atoms with Gasteiger partial charge in [-0.05, 0) is 108 Å². The Labute approximate surface area is 357 Å². The number of imide groups is 1. The molecule has 4 saturated heterocycles. The fourth-order valence-corrected chi connectivity index (χ4v) is 9.95. The van der Waals surface area contributed by atoms with Crippen LogP contribution in [-0.2, 0) is 4.79 Å². The van der Waals surface area contributed by atoms with Crippen molar-refractivity contribution in [1.82, 2.24) is 45.1 Å². The minimum Gasteiger partial charge on any atom is -0.488 e. The molecule has 0 bridgehead atoms. The molecule has 15 nitrogen and oxygen atoms in total. The molecule has 5 fully saturated rings. The number of nitrogens with one attached hydrogen (secondary N) is 2. The summed E-state index contributed by atoms with van der Waals surface area (Å²) in [5.41, 5.74) is 4.91. The minimum atomic E-state index is -0.796. The van der Waals surface area contributed by atoms with Crippen LogP contribution in [0.2, 0.25) is 0 Å². The van der Waals surface area contributed by atoms with Crippen LogP contribution in [0.15, 0.2) is 61.1 Å². The van der Waals surface area contributed by atoms with Crippen LogP contribution in [0.4, 0.5) is 11.5 Å². The number of nitrogens with zero attached hydrogens (tertiary/aromatic N) is 9. The number of piperazine rings is 2. The Bertz CT molecular complexity index is 2340. The molecule has 1 aliphatic carbocycles. The van der Waals surface area contributed by atoms with Gasteiger partial charge < -0.3 is 24.8 Å². The van der Waals surface area contributed by atoms with Gasteiger partial charge in [-0.2, -0.15) is 5.10 Å². The van der Waals surface area contributed by atoms with E-state index in [9.17, 15) is 14.4 Å². The predicted molar refractivity (Wildman–Crippen MR) is 234 cm³/mol. The molecule has 61 heavy (non-hydrogen) atoms. The molecule has 15 heteroatoms. The first kappa shape index (κ1) is 39.7. The Kier molecular flexibility index (Phi) is 10.5. The monoisotopic (exact) mass is 827 g/mol. The van der Waals surface area contributed by atoms with Gasteiger partial charge in [0.2, 0.25) is 5.91 Å². The summed E-state index contributed by atoms with van der Waals surface area (Å²) in [5.74, 6) is 1.40. The van der Waals surface area contributed by atoms with Crippen LogP contribution in [-0.4, -0.2) is 154 Å². The number of fused-ring (bicyclic) bond motifs is 2. The third-order valence-corrected chi connectivity index (χ3v) is 14.0. The number of ether oxygens (including phenoxy) is 1. The number of piperidine rings is 2. The van der Waals surface area contributed by atoms with E-state index in [0.717, 1.165) is 136 Å². The topological polar surface area (TPSA) is 146 Å². The number of aromatic amines is 1. The predicted octanol–water partition coefficient (Wildman–Crippen LogP) is 4.38. The summed E-state index contributed by atoms with van der Waals surface area (Å²) < 4.78 is 6.24. The third kappa shape index (κ3) is 8.10. The van der Waals surface area contributed by atoms with Crippen LogP contribution in [0.3, 0.4) is 0 Å². The number of benzene rings is 2. The van der Waals surface area contributed by atoms with E-state index >= 15 is 0 Å². The number of anilines is 2. The molecule has 5 aliphatic heterocycles. The maximum absolute atomic E-state index is 13.4. The molecule has 4 aromatic rings. The van der Waals surface area contributed by atoms with Crippen molar-refractivity contribution >= 4 is 40.1 Å². The number of H-pyrrole nitrogens is 1. The molecule has 2 N–H and O–H groups in total. The normalized spacial score (nSPS) is 24.1. The number of hydrogen-bond donors (Lipinski definition) is 2. The Hall–Kier alpha value is -5.38. The quantitative estimate of drug-likeness (QED) is 0.207. The lowest BCUT2D eigenvalue weighted by molar-refractivity contribution is -0.125. The van der Waals surface area contributed by atoms with E-state index in [0.29, 0.717) is 41.6 Å². The highest BCUT2D eigenvalue weighted by Crippen LogP contribution is 2.41. The Balaban J connectivity index is 0.660. The summed E-state index contributed by atoms with van der Waals surface area (Å²) in [6.07, 6.45) is 7.24. The molecular weight excluding hydrogens is 771 g/mol. The second-order valence-corrected chi connectivity index (χ2v) is 18.4. The van der Waals surface area contributed by atoms with E-state index < -0.39 is 6.04 Å². The smallest absolute Gasteiger partial charge is 0.262 e. The average molecular weight is 828 g/mol. The number of likely N-dealkylation sites (tertiary alicyclic amines) is 1. The highest BCUT2D eigenvalue weighted by Gasteiger charge is 2.44. The van der Waals surface area contributed by atoms with Gasteiger partial charge in [-0.3, -0.25) is 34.2 Å². The molecule has 0 spiro atoms. The zero-order valence-electron chi connectivity index (χ0n) is 35.4. The molecule has 1 unspecified atom stereocenters. The molecule has 0 radical (unpaired) electrons. The van der Waals surface area contributed by atoms with Crippen molar-refractivity contribution < 1.29 is 19.1 Å². The number of allylic oxidation sites excluding steroid dienone is 1. The van der Waals surface area contributed by atoms with Crippen LogP contribution >= 0.6 is 0 Å². The Morgan fingerprint density at radius 1 is 0.836 bits per heavy atom. The zero-order valence-corrected chi connectivity index (χ0v) is 35.4. The first-order chi connectivity index (χ1) is 29.6. The number of amides is 3. The number of aromatic nitrogens is 4. The van der Waals surface area contributed by atoms with Gasteiger partial charge in [0, 0.05) is 94.3 Å². The van der Waals surface area contributed by atoms with E-state index in [4.69, 9.17) is 9.72 Å². The number of hydrogen-bond acceptors (Lipinski definition) is 12. The van der Waals surface area contributed by atoms with Gasteiger partial charge in [-0.25, -0.2) is 9.97 Å². The van der Waals surface area contributed by atoms with Crippen LogP contribution in [0.5, 0.6) is 5.75 Å². The molecule has 7 heterocycles. The highest BCUT2D eigenvalue weighted by atomic mass is 16.5. The van der Waals surface area contributed by atoms with Crippen LogP contribution in [0.25, 0.3) is 22.3 Å². The molecule has 2 aromatic carbocycles. The van der Waals surface area contributed by atoms with E-state index in [1.54, 1.807) is 12.4 Å². The molecule has 2 atom stereocenters. The summed E-state index contributed by atoms with van der Waals surface area (Å²) in [6.45, 7) is 20.4. The molecule has 10 rings (SSSR count). The summed E-state index contributed by atoms with van der Waals surface area (Å²) in [5, 5.41) is 11.5. The van der Waals surface area contributed by atoms with Gasteiger partial charge in [0.25, 0.3) is 11.8 Å². The number of carbonyl (C=O) groups excluding carboxylic acids is 3. The first-order valence-electron chi connectivity index (χ1n) is 22.3. The van der Waals surface area contributed by atoms with E-state index in [-0.39, 0.29) is 23.3 Å². The van der Waals surface area contributed by atoms with Gasteiger partial charge in [0.05, 0.1) is 22.3 Å². The largest absolute Gasteiger partial charge is 0.488 e. The SMILES string of the molecule is C=C1CCC(N2C(=O)c3ccc(N4CCN(CC5CCN(CCN6CCN(c7cc(-c8n[nH]c9ccc(OC%10(C)CC%10)cc89)ncn7)C[C@@H]6C)CC5)CC4)cc3C2=O)C(=O)N1. The van der Waals surface area contributed by atoms with Gasteiger partial charge in [-0.15, -0.1) is 0 Å². The highest BCUT2D eigenvalue weighted by molar-refractivity contribution is 6.23. The minimum absolute atomic E-state index is 0.0427. The van der Waals surface area contributed by atoms with Crippen molar-refractivity contribution in [3.63, 3.8) is 0 Å². The zero-order chi connectivity index (χ0) is 41.8. The van der Waals surface area contributed by atoms with Crippen molar-refractivity contribution in [3.8, 4) is 17.1 Å².